The van der Waals surface area contributed by atoms with E-state index in [1.165, 1.54) is 6.92 Å². The zero-order valence-electron chi connectivity index (χ0n) is 15.6. The van der Waals surface area contributed by atoms with E-state index in [1.54, 1.807) is 12.1 Å². The fraction of sp³-hybridized carbons (Fsp3) is 0.250. The number of non-ortho nitro benzene ring substituents is 1. The highest BCUT2D eigenvalue weighted by Gasteiger charge is 2.23. The number of ketones is 1. The molecule has 0 spiro atoms. The Morgan fingerprint density at radius 2 is 1.57 bits per heavy atom. The van der Waals surface area contributed by atoms with Gasteiger partial charge in [-0.15, -0.1) is 0 Å². The van der Waals surface area contributed by atoms with Crippen molar-refractivity contribution in [2.45, 2.75) is 26.4 Å². The van der Waals surface area contributed by atoms with Crippen molar-refractivity contribution in [3.8, 4) is 0 Å². The topological polar surface area (TPSA) is 113 Å². The summed E-state index contributed by atoms with van der Waals surface area (Å²) in [6.45, 7) is 3.40. The van der Waals surface area contributed by atoms with Gasteiger partial charge in [0.2, 0.25) is 5.78 Å². The molecule has 2 aromatic rings. The zero-order valence-corrected chi connectivity index (χ0v) is 15.6. The van der Waals surface area contributed by atoms with Gasteiger partial charge in [0.15, 0.2) is 6.10 Å². The fourth-order valence-electron chi connectivity index (χ4n) is 2.49. The molecule has 0 aliphatic carbocycles. The SMILES string of the molecule is CCc1ccc(C(=O)C(C)OC(=O)c2cc(C(=O)OC)cc([N+](=O)[O-])c2)cc1. The molecule has 0 saturated heterocycles. The van der Waals surface area contributed by atoms with Crippen molar-refractivity contribution in [2.24, 2.45) is 0 Å². The first kappa shape index (κ1) is 20.8. The molecular formula is C20H19NO7. The maximum atomic E-state index is 12.4. The summed E-state index contributed by atoms with van der Waals surface area (Å²) in [5.74, 6) is -2.20. The first-order valence-corrected chi connectivity index (χ1v) is 8.48. The van der Waals surface area contributed by atoms with Crippen LogP contribution in [0.5, 0.6) is 0 Å². The van der Waals surface area contributed by atoms with Crippen molar-refractivity contribution in [1.29, 1.82) is 0 Å². The quantitative estimate of drug-likeness (QED) is 0.311. The van der Waals surface area contributed by atoms with E-state index in [9.17, 15) is 24.5 Å². The van der Waals surface area contributed by atoms with Gasteiger partial charge in [0.25, 0.3) is 5.69 Å². The molecule has 0 N–H and O–H groups in total. The first-order valence-electron chi connectivity index (χ1n) is 8.48. The number of nitro benzene ring substituents is 1. The zero-order chi connectivity index (χ0) is 20.8. The lowest BCUT2D eigenvalue weighted by molar-refractivity contribution is -0.384. The lowest BCUT2D eigenvalue weighted by Gasteiger charge is -2.13. The van der Waals surface area contributed by atoms with Crippen molar-refractivity contribution in [3.05, 3.63) is 74.8 Å². The highest BCUT2D eigenvalue weighted by molar-refractivity contribution is 6.02. The Morgan fingerprint density at radius 3 is 2.07 bits per heavy atom. The number of carbonyl (C=O) groups is 3. The molecule has 146 valence electrons. The Hall–Kier alpha value is -3.55. The van der Waals surface area contributed by atoms with Gasteiger partial charge >= 0.3 is 11.9 Å². The molecule has 8 nitrogen and oxygen atoms in total. The molecule has 2 aromatic carbocycles. The average molecular weight is 385 g/mol. The van der Waals surface area contributed by atoms with Crippen LogP contribution in [0.25, 0.3) is 0 Å². The lowest BCUT2D eigenvalue weighted by Crippen LogP contribution is -2.24. The van der Waals surface area contributed by atoms with Crippen LogP contribution in [0.2, 0.25) is 0 Å². The summed E-state index contributed by atoms with van der Waals surface area (Å²) >= 11 is 0. The minimum atomic E-state index is -1.11. The molecule has 0 radical (unpaired) electrons. The number of aryl methyl sites for hydroxylation is 1. The van der Waals surface area contributed by atoms with E-state index in [2.05, 4.69) is 4.74 Å². The second kappa shape index (κ2) is 8.90. The van der Waals surface area contributed by atoms with Gasteiger partial charge < -0.3 is 9.47 Å². The summed E-state index contributed by atoms with van der Waals surface area (Å²) in [6, 6.07) is 10.0. The number of carbonyl (C=O) groups excluding carboxylic acids is 3. The van der Waals surface area contributed by atoms with E-state index in [1.807, 2.05) is 19.1 Å². The van der Waals surface area contributed by atoms with Crippen LogP contribution in [-0.2, 0) is 15.9 Å². The van der Waals surface area contributed by atoms with Gasteiger partial charge in [0.05, 0.1) is 23.2 Å². The number of ether oxygens (including phenoxy) is 2. The van der Waals surface area contributed by atoms with E-state index >= 15 is 0 Å². The fourth-order valence-corrected chi connectivity index (χ4v) is 2.49. The molecule has 1 unspecified atom stereocenters. The third-order valence-corrected chi connectivity index (χ3v) is 4.09. The van der Waals surface area contributed by atoms with Crippen LogP contribution in [-0.4, -0.2) is 35.9 Å². The third-order valence-electron chi connectivity index (χ3n) is 4.09. The number of benzene rings is 2. The van der Waals surface area contributed by atoms with Crippen LogP contribution in [0.1, 0.15) is 50.5 Å². The third kappa shape index (κ3) is 4.79. The predicted octanol–water partition coefficient (Wildman–Crippen LogP) is 3.37. The Bertz CT molecular complexity index is 919. The number of hydrogen-bond donors (Lipinski definition) is 0. The number of hydrogen-bond acceptors (Lipinski definition) is 7. The van der Waals surface area contributed by atoms with E-state index < -0.39 is 34.4 Å². The number of Topliss-reactive ketones (excluding diaryl/α,β-unsaturated/α-hetero) is 1. The molecule has 0 fully saturated rings. The van der Waals surface area contributed by atoms with Gasteiger partial charge in [-0.1, -0.05) is 31.2 Å². The molecule has 8 heteroatoms. The molecule has 0 aliphatic heterocycles. The lowest BCUT2D eigenvalue weighted by atomic mass is 10.0. The van der Waals surface area contributed by atoms with E-state index in [0.717, 1.165) is 37.3 Å². The molecule has 0 amide bonds. The standard InChI is InChI=1S/C20H19NO7/c1-4-13-5-7-14(8-6-13)18(22)12(2)28-20(24)16-9-15(19(23)27-3)10-17(11-16)21(25)26/h5-12H,4H2,1-3H3. The van der Waals surface area contributed by atoms with Gasteiger partial charge in [0, 0.05) is 17.7 Å². The minimum Gasteiger partial charge on any atom is -0.465 e. The van der Waals surface area contributed by atoms with Gasteiger partial charge in [-0.05, 0) is 25.0 Å². The van der Waals surface area contributed by atoms with E-state index in [-0.39, 0.29) is 11.1 Å². The normalized spacial score (nSPS) is 11.4. The smallest absolute Gasteiger partial charge is 0.339 e. The minimum absolute atomic E-state index is 0.169. The van der Waals surface area contributed by atoms with Gasteiger partial charge in [-0.25, -0.2) is 9.59 Å². The summed E-state index contributed by atoms with van der Waals surface area (Å²) in [5, 5.41) is 11.1. The van der Waals surface area contributed by atoms with Gasteiger partial charge in [-0.3, -0.25) is 14.9 Å². The Labute approximate surface area is 161 Å². The van der Waals surface area contributed by atoms with Crippen LogP contribution in [0.15, 0.2) is 42.5 Å². The first-order chi connectivity index (χ1) is 13.3. The van der Waals surface area contributed by atoms with Crippen molar-refractivity contribution in [3.63, 3.8) is 0 Å². The summed E-state index contributed by atoms with van der Waals surface area (Å²) in [4.78, 5) is 46.8. The molecule has 28 heavy (non-hydrogen) atoms. The predicted molar refractivity (Wildman–Crippen MR) is 99.5 cm³/mol. The van der Waals surface area contributed by atoms with Crippen LogP contribution in [0.3, 0.4) is 0 Å². The second-order valence-electron chi connectivity index (χ2n) is 5.98. The molecule has 0 aromatic heterocycles. The average Bonchev–Trinajstić information content (AvgIpc) is 2.72. The number of methoxy groups -OCH3 is 1. The molecular weight excluding hydrogens is 366 g/mol. The number of rotatable bonds is 7. The van der Waals surface area contributed by atoms with Crippen molar-refractivity contribution >= 4 is 23.4 Å². The highest BCUT2D eigenvalue weighted by Crippen LogP contribution is 2.20. The van der Waals surface area contributed by atoms with Gasteiger partial charge in [0.1, 0.15) is 0 Å². The summed E-state index contributed by atoms with van der Waals surface area (Å²) in [5.41, 5.74) is 0.581. The molecule has 0 heterocycles. The number of nitro groups is 1. The van der Waals surface area contributed by atoms with E-state index in [0.29, 0.717) is 5.56 Å². The number of nitrogens with zero attached hydrogens (tertiary/aromatic N) is 1. The monoisotopic (exact) mass is 385 g/mol. The van der Waals surface area contributed by atoms with Crippen LogP contribution in [0.4, 0.5) is 5.69 Å². The molecule has 0 saturated carbocycles. The van der Waals surface area contributed by atoms with Crippen molar-refractivity contribution in [1.82, 2.24) is 0 Å². The number of esters is 2. The largest absolute Gasteiger partial charge is 0.465 e. The van der Waals surface area contributed by atoms with Crippen molar-refractivity contribution < 1.29 is 28.8 Å². The molecule has 2 rings (SSSR count). The van der Waals surface area contributed by atoms with Crippen molar-refractivity contribution in [2.75, 3.05) is 7.11 Å². The molecule has 0 aliphatic rings. The second-order valence-corrected chi connectivity index (χ2v) is 5.98. The summed E-state index contributed by atoms with van der Waals surface area (Å²) in [6.07, 6.45) is -0.283. The molecule has 1 atom stereocenters. The Kier molecular flexibility index (Phi) is 6.59. The van der Waals surface area contributed by atoms with Crippen LogP contribution in [0, 0.1) is 10.1 Å². The van der Waals surface area contributed by atoms with E-state index in [4.69, 9.17) is 4.74 Å². The Balaban J connectivity index is 2.22. The maximum absolute atomic E-state index is 12.4. The van der Waals surface area contributed by atoms with Gasteiger partial charge in [-0.2, -0.15) is 0 Å². The summed E-state index contributed by atoms with van der Waals surface area (Å²) in [7, 11) is 1.11. The molecule has 0 bridgehead atoms. The summed E-state index contributed by atoms with van der Waals surface area (Å²) < 4.78 is 9.68. The van der Waals surface area contributed by atoms with Crippen LogP contribution < -0.4 is 0 Å². The highest BCUT2D eigenvalue weighted by atomic mass is 16.6. The maximum Gasteiger partial charge on any atom is 0.339 e. The van der Waals surface area contributed by atoms with Crippen LogP contribution >= 0.6 is 0 Å². The Morgan fingerprint density at radius 1 is 1.00 bits per heavy atom.